The minimum absolute atomic E-state index is 0.473. The molecule has 1 N–H and O–H groups in total. The first kappa shape index (κ1) is 12.7. The Kier molecular flexibility index (Phi) is 4.47. The molecule has 1 heterocycles. The summed E-state index contributed by atoms with van der Waals surface area (Å²) in [6.07, 6.45) is 5.89. The molecule has 1 aromatic heterocycles. The molecular weight excluding hydrogens is 206 g/mol. The zero-order chi connectivity index (χ0) is 12.0. The number of nitrogens with zero attached hydrogens (tertiary/aromatic N) is 2. The van der Waals surface area contributed by atoms with Crippen LogP contribution in [0.2, 0.25) is 0 Å². The average Bonchev–Trinajstić information content (AvgIpc) is 2.78. The topological polar surface area (TPSA) is 60.2 Å². The summed E-state index contributed by atoms with van der Waals surface area (Å²) in [7, 11) is 1.64. The van der Waals surface area contributed by atoms with E-state index in [1.165, 1.54) is 0 Å². The van der Waals surface area contributed by atoms with Crippen molar-refractivity contribution in [2.24, 2.45) is 0 Å². The molecule has 0 spiro atoms. The van der Waals surface area contributed by atoms with Crippen molar-refractivity contribution < 1.29 is 9.26 Å². The number of rotatable bonds is 6. The molecule has 88 valence electrons. The van der Waals surface area contributed by atoms with Crippen LogP contribution in [0.4, 0.5) is 0 Å². The Hall–Kier alpha value is -1.38. The van der Waals surface area contributed by atoms with Gasteiger partial charge in [0, 0.05) is 7.11 Å². The molecule has 1 atom stereocenters. The molecular formula is C11H17N3O2. The van der Waals surface area contributed by atoms with Gasteiger partial charge in [0.25, 0.3) is 0 Å². The van der Waals surface area contributed by atoms with Crippen LogP contribution in [-0.2, 0) is 16.9 Å². The summed E-state index contributed by atoms with van der Waals surface area (Å²) in [5.74, 6) is 3.55. The van der Waals surface area contributed by atoms with Crippen molar-refractivity contribution in [1.29, 1.82) is 0 Å². The van der Waals surface area contributed by atoms with Gasteiger partial charge >= 0.3 is 0 Å². The van der Waals surface area contributed by atoms with Crippen LogP contribution in [-0.4, -0.2) is 23.8 Å². The smallest absolute Gasteiger partial charge is 0.240 e. The maximum atomic E-state index is 5.37. The summed E-state index contributed by atoms with van der Waals surface area (Å²) in [6.45, 7) is 4.89. The van der Waals surface area contributed by atoms with Gasteiger partial charge in [-0.25, -0.2) is 0 Å². The fourth-order valence-corrected chi connectivity index (χ4v) is 1.18. The Morgan fingerprint density at radius 1 is 1.62 bits per heavy atom. The van der Waals surface area contributed by atoms with Crippen molar-refractivity contribution in [3.05, 3.63) is 11.7 Å². The predicted molar refractivity (Wildman–Crippen MR) is 59.5 cm³/mol. The highest BCUT2D eigenvalue weighted by Crippen LogP contribution is 2.25. The standard InChI is InChI=1S/C11H17N3O2/c1-5-7-12-8-9-13-10(14-16-9)11(3,6-2)15-4/h1,12H,6-8H2,2-4H3. The molecule has 1 rings (SSSR count). The Morgan fingerprint density at radius 2 is 2.38 bits per heavy atom. The van der Waals surface area contributed by atoms with Crippen LogP contribution in [0.25, 0.3) is 0 Å². The number of methoxy groups -OCH3 is 1. The van der Waals surface area contributed by atoms with Crippen LogP contribution < -0.4 is 5.32 Å². The molecule has 0 aliphatic carbocycles. The van der Waals surface area contributed by atoms with Crippen molar-refractivity contribution >= 4 is 0 Å². The third-order valence-electron chi connectivity index (χ3n) is 2.57. The maximum absolute atomic E-state index is 5.37. The van der Waals surface area contributed by atoms with Gasteiger partial charge in [0.1, 0.15) is 5.60 Å². The zero-order valence-electron chi connectivity index (χ0n) is 9.91. The first-order valence-electron chi connectivity index (χ1n) is 5.18. The fourth-order valence-electron chi connectivity index (χ4n) is 1.18. The van der Waals surface area contributed by atoms with Crippen molar-refractivity contribution in [3.63, 3.8) is 0 Å². The Labute approximate surface area is 95.6 Å². The van der Waals surface area contributed by atoms with Gasteiger partial charge in [0.2, 0.25) is 11.7 Å². The van der Waals surface area contributed by atoms with E-state index in [9.17, 15) is 0 Å². The molecule has 0 aliphatic rings. The molecule has 0 aromatic carbocycles. The highest BCUT2D eigenvalue weighted by molar-refractivity contribution is 4.99. The number of terminal acetylenes is 1. The van der Waals surface area contributed by atoms with Crippen LogP contribution in [0.15, 0.2) is 4.52 Å². The summed E-state index contributed by atoms with van der Waals surface area (Å²) in [5, 5.41) is 6.88. The van der Waals surface area contributed by atoms with E-state index in [2.05, 4.69) is 21.4 Å². The van der Waals surface area contributed by atoms with Crippen LogP contribution in [0, 0.1) is 12.3 Å². The van der Waals surface area contributed by atoms with Crippen LogP contribution in [0.1, 0.15) is 32.0 Å². The van der Waals surface area contributed by atoms with Gasteiger partial charge in [-0.2, -0.15) is 4.98 Å². The molecule has 1 aromatic rings. The summed E-state index contributed by atoms with van der Waals surface area (Å²) < 4.78 is 10.5. The second-order valence-electron chi connectivity index (χ2n) is 3.61. The summed E-state index contributed by atoms with van der Waals surface area (Å²) in [6, 6.07) is 0. The lowest BCUT2D eigenvalue weighted by atomic mass is 10.0. The molecule has 0 bridgehead atoms. The third kappa shape index (κ3) is 2.81. The minimum Gasteiger partial charge on any atom is -0.370 e. The van der Waals surface area contributed by atoms with Crippen molar-refractivity contribution in [2.75, 3.05) is 13.7 Å². The quantitative estimate of drug-likeness (QED) is 0.577. The average molecular weight is 223 g/mol. The first-order chi connectivity index (χ1) is 7.66. The molecule has 0 radical (unpaired) electrons. The summed E-state index contributed by atoms with van der Waals surface area (Å²) >= 11 is 0. The van der Waals surface area contributed by atoms with Crippen molar-refractivity contribution in [1.82, 2.24) is 15.5 Å². The maximum Gasteiger partial charge on any atom is 0.240 e. The molecule has 1 unspecified atom stereocenters. The first-order valence-corrected chi connectivity index (χ1v) is 5.18. The highest BCUT2D eigenvalue weighted by Gasteiger charge is 2.29. The lowest BCUT2D eigenvalue weighted by Gasteiger charge is -2.21. The zero-order valence-corrected chi connectivity index (χ0v) is 9.91. The second kappa shape index (κ2) is 5.64. The summed E-state index contributed by atoms with van der Waals surface area (Å²) in [5.41, 5.74) is -0.492. The molecule has 0 fully saturated rings. The normalized spacial score (nSPS) is 14.4. The molecule has 0 saturated carbocycles. The van der Waals surface area contributed by atoms with Crippen LogP contribution in [0.5, 0.6) is 0 Å². The molecule has 0 aliphatic heterocycles. The van der Waals surface area contributed by atoms with E-state index in [1.54, 1.807) is 7.11 Å². The van der Waals surface area contributed by atoms with E-state index >= 15 is 0 Å². The Morgan fingerprint density at radius 3 is 2.94 bits per heavy atom. The molecule has 0 amide bonds. The minimum atomic E-state index is -0.492. The van der Waals surface area contributed by atoms with Crippen molar-refractivity contribution in [2.45, 2.75) is 32.4 Å². The monoisotopic (exact) mass is 223 g/mol. The number of hydrogen-bond donors (Lipinski definition) is 1. The Bertz CT molecular complexity index is 364. The lowest BCUT2D eigenvalue weighted by molar-refractivity contribution is -0.0106. The molecule has 5 nitrogen and oxygen atoms in total. The molecule has 0 saturated heterocycles. The van der Waals surface area contributed by atoms with E-state index in [4.69, 9.17) is 15.7 Å². The molecule has 16 heavy (non-hydrogen) atoms. The number of aromatic nitrogens is 2. The SMILES string of the molecule is C#CCNCc1nc(C(C)(CC)OC)no1. The van der Waals surface area contributed by atoms with E-state index in [-0.39, 0.29) is 0 Å². The lowest BCUT2D eigenvalue weighted by Crippen LogP contribution is -2.25. The highest BCUT2D eigenvalue weighted by atomic mass is 16.5. The van der Waals surface area contributed by atoms with Gasteiger partial charge in [0.05, 0.1) is 13.1 Å². The van der Waals surface area contributed by atoms with E-state index in [0.717, 1.165) is 6.42 Å². The van der Waals surface area contributed by atoms with Crippen LogP contribution in [0.3, 0.4) is 0 Å². The number of ether oxygens (including phenoxy) is 1. The van der Waals surface area contributed by atoms with Gasteiger partial charge < -0.3 is 9.26 Å². The van der Waals surface area contributed by atoms with Crippen LogP contribution >= 0.6 is 0 Å². The predicted octanol–water partition coefficient (Wildman–Crippen LogP) is 1.06. The van der Waals surface area contributed by atoms with E-state index in [0.29, 0.717) is 24.8 Å². The molecule has 5 heteroatoms. The van der Waals surface area contributed by atoms with Gasteiger partial charge in [-0.3, -0.25) is 5.32 Å². The second-order valence-corrected chi connectivity index (χ2v) is 3.61. The van der Waals surface area contributed by atoms with Gasteiger partial charge in [-0.05, 0) is 13.3 Å². The van der Waals surface area contributed by atoms with E-state index in [1.807, 2.05) is 13.8 Å². The van der Waals surface area contributed by atoms with Crippen molar-refractivity contribution in [3.8, 4) is 12.3 Å². The third-order valence-corrected chi connectivity index (χ3v) is 2.57. The van der Waals surface area contributed by atoms with Gasteiger partial charge in [-0.1, -0.05) is 18.0 Å². The van der Waals surface area contributed by atoms with Gasteiger partial charge in [0.15, 0.2) is 0 Å². The number of nitrogens with one attached hydrogen (secondary N) is 1. The fraction of sp³-hybridized carbons (Fsp3) is 0.636. The van der Waals surface area contributed by atoms with Gasteiger partial charge in [-0.15, -0.1) is 6.42 Å². The summed E-state index contributed by atoms with van der Waals surface area (Å²) in [4.78, 5) is 4.26. The largest absolute Gasteiger partial charge is 0.370 e. The Balaban J connectivity index is 2.67. The number of hydrogen-bond acceptors (Lipinski definition) is 5. The van der Waals surface area contributed by atoms with E-state index < -0.39 is 5.60 Å².